The topological polar surface area (TPSA) is 54.7 Å². The van der Waals surface area contributed by atoms with Crippen LogP contribution in [-0.2, 0) is 0 Å². The van der Waals surface area contributed by atoms with E-state index in [0.717, 1.165) is 27.9 Å². The minimum atomic E-state index is 0.451. The number of anilines is 1. The van der Waals surface area contributed by atoms with E-state index in [1.807, 2.05) is 49.4 Å². The number of H-pyrrole nitrogens is 1. The molecule has 0 amide bonds. The number of aromatic nitrogens is 2. The van der Waals surface area contributed by atoms with E-state index >= 15 is 0 Å². The van der Waals surface area contributed by atoms with Crippen LogP contribution in [0.1, 0.15) is 5.56 Å². The smallest absolute Gasteiger partial charge is 0.153 e. The lowest BCUT2D eigenvalue weighted by atomic mass is 9.98. The first-order valence-corrected chi connectivity index (χ1v) is 7.19. The van der Waals surface area contributed by atoms with Crippen molar-refractivity contribution in [2.75, 3.05) is 5.73 Å². The van der Waals surface area contributed by atoms with Gasteiger partial charge < -0.3 is 5.73 Å². The summed E-state index contributed by atoms with van der Waals surface area (Å²) < 4.78 is 0. The Morgan fingerprint density at radius 2 is 1.76 bits per heavy atom. The van der Waals surface area contributed by atoms with Crippen LogP contribution in [0.2, 0.25) is 10.0 Å². The molecule has 3 aromatic rings. The molecule has 1 aromatic heterocycles. The minimum Gasteiger partial charge on any atom is -0.382 e. The number of hydrogen-bond donors (Lipinski definition) is 2. The first kappa shape index (κ1) is 14.0. The van der Waals surface area contributed by atoms with Crippen LogP contribution in [0.15, 0.2) is 42.5 Å². The van der Waals surface area contributed by atoms with Gasteiger partial charge in [0, 0.05) is 15.6 Å². The van der Waals surface area contributed by atoms with Crippen molar-refractivity contribution in [3.8, 4) is 22.4 Å². The first-order chi connectivity index (χ1) is 10.1. The molecule has 0 aliphatic carbocycles. The van der Waals surface area contributed by atoms with Crippen molar-refractivity contribution in [1.82, 2.24) is 10.2 Å². The summed E-state index contributed by atoms with van der Waals surface area (Å²) in [6, 6.07) is 13.3. The second-order valence-corrected chi connectivity index (χ2v) is 5.62. The maximum atomic E-state index is 6.21. The maximum absolute atomic E-state index is 6.21. The summed E-state index contributed by atoms with van der Waals surface area (Å²) in [6.07, 6.45) is 0. The maximum Gasteiger partial charge on any atom is 0.153 e. The number of nitrogens with one attached hydrogen (secondary N) is 1. The van der Waals surface area contributed by atoms with Gasteiger partial charge in [0.2, 0.25) is 0 Å². The molecule has 0 spiro atoms. The van der Waals surface area contributed by atoms with Gasteiger partial charge in [-0.3, -0.25) is 5.10 Å². The molecule has 0 unspecified atom stereocenters. The number of benzene rings is 2. The average molecular weight is 318 g/mol. The Labute approximate surface area is 132 Å². The molecule has 2 aromatic carbocycles. The predicted octanol–water partition coefficient (Wildman–Crippen LogP) is 4.94. The lowest BCUT2D eigenvalue weighted by molar-refractivity contribution is 1.10. The molecule has 106 valence electrons. The molecule has 5 heteroatoms. The largest absolute Gasteiger partial charge is 0.382 e. The molecule has 1 heterocycles. The molecule has 0 aliphatic heterocycles. The van der Waals surface area contributed by atoms with Crippen LogP contribution >= 0.6 is 23.2 Å². The highest BCUT2D eigenvalue weighted by molar-refractivity contribution is 6.31. The van der Waals surface area contributed by atoms with E-state index in [2.05, 4.69) is 10.2 Å². The fourth-order valence-corrected chi connectivity index (χ4v) is 2.64. The van der Waals surface area contributed by atoms with Crippen LogP contribution < -0.4 is 5.73 Å². The zero-order valence-electron chi connectivity index (χ0n) is 11.3. The summed E-state index contributed by atoms with van der Waals surface area (Å²) in [5.74, 6) is 0.451. The Balaban J connectivity index is 2.22. The van der Waals surface area contributed by atoms with E-state index in [1.165, 1.54) is 0 Å². The summed E-state index contributed by atoms with van der Waals surface area (Å²) in [5.41, 5.74) is 10.7. The van der Waals surface area contributed by atoms with Gasteiger partial charge in [-0.05, 0) is 36.2 Å². The molecule has 0 atom stereocenters. The Hall–Kier alpha value is -1.97. The molecule has 0 aliphatic rings. The third kappa shape index (κ3) is 2.50. The summed E-state index contributed by atoms with van der Waals surface area (Å²) >= 11 is 12.2. The van der Waals surface area contributed by atoms with E-state index in [9.17, 15) is 0 Å². The molecule has 0 saturated heterocycles. The Morgan fingerprint density at radius 3 is 2.48 bits per heavy atom. The van der Waals surface area contributed by atoms with Crippen LogP contribution in [0.5, 0.6) is 0 Å². The second-order valence-electron chi connectivity index (χ2n) is 4.78. The average Bonchev–Trinajstić information content (AvgIpc) is 2.85. The molecule has 0 bridgehead atoms. The van der Waals surface area contributed by atoms with Crippen molar-refractivity contribution in [3.05, 3.63) is 58.1 Å². The van der Waals surface area contributed by atoms with Gasteiger partial charge in [-0.15, -0.1) is 0 Å². The molecule has 3 rings (SSSR count). The number of nitrogen functional groups attached to an aromatic ring is 1. The monoisotopic (exact) mass is 317 g/mol. The Kier molecular flexibility index (Phi) is 3.62. The molecule has 0 saturated carbocycles. The number of nitrogens with two attached hydrogens (primary N) is 1. The van der Waals surface area contributed by atoms with Gasteiger partial charge in [-0.1, -0.05) is 47.5 Å². The van der Waals surface area contributed by atoms with Crippen molar-refractivity contribution < 1.29 is 0 Å². The van der Waals surface area contributed by atoms with Gasteiger partial charge in [0.25, 0.3) is 0 Å². The minimum absolute atomic E-state index is 0.451. The lowest BCUT2D eigenvalue weighted by Gasteiger charge is -2.09. The van der Waals surface area contributed by atoms with Crippen LogP contribution in [-0.4, -0.2) is 10.2 Å². The normalized spacial score (nSPS) is 10.8. The van der Waals surface area contributed by atoms with E-state index in [-0.39, 0.29) is 0 Å². The highest BCUT2D eigenvalue weighted by atomic mass is 35.5. The molecular weight excluding hydrogens is 305 g/mol. The van der Waals surface area contributed by atoms with E-state index < -0.39 is 0 Å². The van der Waals surface area contributed by atoms with Gasteiger partial charge in [0.05, 0.1) is 11.3 Å². The number of halogens is 2. The predicted molar refractivity (Wildman–Crippen MR) is 88.6 cm³/mol. The van der Waals surface area contributed by atoms with Crippen LogP contribution in [0, 0.1) is 6.92 Å². The van der Waals surface area contributed by atoms with Gasteiger partial charge >= 0.3 is 0 Å². The zero-order chi connectivity index (χ0) is 15.0. The van der Waals surface area contributed by atoms with Gasteiger partial charge in [-0.25, -0.2) is 0 Å². The summed E-state index contributed by atoms with van der Waals surface area (Å²) in [7, 11) is 0. The number of rotatable bonds is 2. The third-order valence-electron chi connectivity index (χ3n) is 3.46. The molecule has 3 N–H and O–H groups in total. The van der Waals surface area contributed by atoms with Crippen LogP contribution in [0.3, 0.4) is 0 Å². The quantitative estimate of drug-likeness (QED) is 0.703. The van der Waals surface area contributed by atoms with Gasteiger partial charge in [0.1, 0.15) is 0 Å². The first-order valence-electron chi connectivity index (χ1n) is 6.43. The third-order valence-corrected chi connectivity index (χ3v) is 4.13. The van der Waals surface area contributed by atoms with Gasteiger partial charge in [-0.2, -0.15) is 5.10 Å². The van der Waals surface area contributed by atoms with Crippen molar-refractivity contribution in [3.63, 3.8) is 0 Å². The van der Waals surface area contributed by atoms with E-state index in [0.29, 0.717) is 15.9 Å². The second kappa shape index (κ2) is 5.43. The SMILES string of the molecule is Cc1c(Cl)cccc1-c1[nH]nc(N)c1-c1ccc(Cl)cc1. The summed E-state index contributed by atoms with van der Waals surface area (Å²) in [6.45, 7) is 1.97. The molecule has 3 nitrogen and oxygen atoms in total. The Bertz CT molecular complexity index is 792. The highest BCUT2D eigenvalue weighted by Gasteiger charge is 2.16. The van der Waals surface area contributed by atoms with Crippen LogP contribution in [0.4, 0.5) is 5.82 Å². The standard InChI is InChI=1S/C16H13Cl2N3/c1-9-12(3-2-4-13(9)18)15-14(16(19)21-20-15)10-5-7-11(17)8-6-10/h2-8H,1H3,(H3,19,20,21). The van der Waals surface area contributed by atoms with Crippen molar-refractivity contribution in [2.24, 2.45) is 0 Å². The number of nitrogens with zero attached hydrogens (tertiary/aromatic N) is 1. The zero-order valence-corrected chi connectivity index (χ0v) is 12.8. The Morgan fingerprint density at radius 1 is 1.05 bits per heavy atom. The number of hydrogen-bond acceptors (Lipinski definition) is 2. The number of aromatic amines is 1. The highest BCUT2D eigenvalue weighted by Crippen LogP contribution is 2.37. The molecule has 0 fully saturated rings. The van der Waals surface area contributed by atoms with E-state index in [1.54, 1.807) is 0 Å². The molecule has 21 heavy (non-hydrogen) atoms. The van der Waals surface area contributed by atoms with Crippen molar-refractivity contribution in [1.29, 1.82) is 0 Å². The summed E-state index contributed by atoms with van der Waals surface area (Å²) in [5, 5.41) is 8.54. The molecule has 0 radical (unpaired) electrons. The molecular formula is C16H13Cl2N3. The van der Waals surface area contributed by atoms with Crippen molar-refractivity contribution >= 4 is 29.0 Å². The van der Waals surface area contributed by atoms with E-state index in [4.69, 9.17) is 28.9 Å². The fraction of sp³-hybridized carbons (Fsp3) is 0.0625. The lowest BCUT2D eigenvalue weighted by Crippen LogP contribution is -1.90. The van der Waals surface area contributed by atoms with Crippen molar-refractivity contribution in [2.45, 2.75) is 6.92 Å². The fourth-order valence-electron chi connectivity index (χ4n) is 2.34. The van der Waals surface area contributed by atoms with Crippen LogP contribution in [0.25, 0.3) is 22.4 Å². The van der Waals surface area contributed by atoms with Gasteiger partial charge in [0.15, 0.2) is 5.82 Å². The summed E-state index contributed by atoms with van der Waals surface area (Å²) in [4.78, 5) is 0.